The Morgan fingerprint density at radius 1 is 1.07 bits per heavy atom. The van der Waals surface area contributed by atoms with E-state index in [1.165, 1.54) is 4.90 Å². The number of furan rings is 1. The fourth-order valence-corrected chi connectivity index (χ4v) is 3.87. The van der Waals surface area contributed by atoms with Crippen LogP contribution in [0.3, 0.4) is 0 Å². The molecule has 1 aromatic carbocycles. The van der Waals surface area contributed by atoms with Gasteiger partial charge in [-0.05, 0) is 63.9 Å². The zero-order valence-electron chi connectivity index (χ0n) is 18.5. The van der Waals surface area contributed by atoms with E-state index in [1.54, 1.807) is 13.3 Å². The van der Waals surface area contributed by atoms with Crippen molar-refractivity contribution < 1.29 is 14.0 Å². The van der Waals surface area contributed by atoms with Crippen LogP contribution in [0.25, 0.3) is 0 Å². The molecule has 0 saturated heterocycles. The van der Waals surface area contributed by atoms with Gasteiger partial charge in [0.2, 0.25) is 5.91 Å². The Balaban J connectivity index is 1.71. The number of aromatic nitrogens is 1. The summed E-state index contributed by atoms with van der Waals surface area (Å²) in [6.07, 6.45) is 1.64. The molecular formula is C24H29N3O3. The fraction of sp³-hybridized carbons (Fsp3) is 0.333. The van der Waals surface area contributed by atoms with E-state index in [1.807, 2.05) is 69.5 Å². The van der Waals surface area contributed by atoms with E-state index in [9.17, 15) is 9.59 Å². The van der Waals surface area contributed by atoms with E-state index >= 15 is 0 Å². The molecule has 0 saturated carbocycles. The Labute approximate surface area is 177 Å². The predicted octanol–water partition coefficient (Wildman–Crippen LogP) is 4.38. The number of hydrogen-bond acceptors (Lipinski definition) is 3. The number of nitrogens with zero attached hydrogens (tertiary/aromatic N) is 2. The van der Waals surface area contributed by atoms with Crippen molar-refractivity contribution in [3.63, 3.8) is 0 Å². The summed E-state index contributed by atoms with van der Waals surface area (Å²) in [5.41, 5.74) is 6.40. The molecule has 2 amide bonds. The van der Waals surface area contributed by atoms with E-state index in [0.717, 1.165) is 39.5 Å². The lowest BCUT2D eigenvalue weighted by Crippen LogP contribution is -2.35. The summed E-state index contributed by atoms with van der Waals surface area (Å²) in [5.74, 6) is 0.430. The van der Waals surface area contributed by atoms with Crippen LogP contribution in [0.2, 0.25) is 0 Å². The third kappa shape index (κ3) is 4.48. The van der Waals surface area contributed by atoms with Gasteiger partial charge in [-0.2, -0.15) is 0 Å². The van der Waals surface area contributed by atoms with Gasteiger partial charge < -0.3 is 19.2 Å². The topological polar surface area (TPSA) is 67.5 Å². The van der Waals surface area contributed by atoms with Crippen molar-refractivity contribution in [1.82, 2.24) is 9.47 Å². The lowest BCUT2D eigenvalue weighted by molar-refractivity contribution is -0.116. The van der Waals surface area contributed by atoms with Gasteiger partial charge in [0.1, 0.15) is 5.76 Å². The van der Waals surface area contributed by atoms with Gasteiger partial charge in [-0.1, -0.05) is 17.7 Å². The number of aryl methyl sites for hydroxylation is 4. The molecule has 6 nitrogen and oxygen atoms in total. The third-order valence-corrected chi connectivity index (χ3v) is 5.37. The fourth-order valence-electron chi connectivity index (χ4n) is 3.87. The molecule has 30 heavy (non-hydrogen) atoms. The van der Waals surface area contributed by atoms with Crippen LogP contribution in [-0.2, 0) is 11.3 Å². The van der Waals surface area contributed by atoms with Crippen molar-refractivity contribution in [1.29, 1.82) is 0 Å². The minimum Gasteiger partial charge on any atom is -0.467 e. The molecule has 0 atom stereocenters. The largest absolute Gasteiger partial charge is 0.467 e. The van der Waals surface area contributed by atoms with E-state index < -0.39 is 0 Å². The maximum absolute atomic E-state index is 13.0. The second kappa shape index (κ2) is 8.61. The van der Waals surface area contributed by atoms with E-state index in [0.29, 0.717) is 12.1 Å². The summed E-state index contributed by atoms with van der Waals surface area (Å²) >= 11 is 0. The standard InChI is InChI=1S/C24H29N3O3/c1-15-10-16(2)23(17(3)11-15)25-22(28)14-26(6)24(29)21-12-18(4)27(19(21)5)13-20-8-7-9-30-20/h7-12H,13-14H2,1-6H3,(H,25,28). The average Bonchev–Trinajstić information content (AvgIpc) is 3.27. The molecule has 3 rings (SSSR count). The third-order valence-electron chi connectivity index (χ3n) is 5.37. The summed E-state index contributed by atoms with van der Waals surface area (Å²) in [6, 6.07) is 9.69. The van der Waals surface area contributed by atoms with Crippen molar-refractivity contribution in [3.8, 4) is 0 Å². The summed E-state index contributed by atoms with van der Waals surface area (Å²) in [5, 5.41) is 2.95. The van der Waals surface area contributed by atoms with E-state index in [2.05, 4.69) is 5.32 Å². The summed E-state index contributed by atoms with van der Waals surface area (Å²) in [7, 11) is 1.65. The maximum atomic E-state index is 13.0. The van der Waals surface area contributed by atoms with Crippen LogP contribution < -0.4 is 5.32 Å². The van der Waals surface area contributed by atoms with Crippen molar-refractivity contribution in [3.05, 3.63) is 76.0 Å². The first-order chi connectivity index (χ1) is 14.2. The van der Waals surface area contributed by atoms with Crippen LogP contribution in [0, 0.1) is 34.6 Å². The first-order valence-electron chi connectivity index (χ1n) is 9.99. The number of anilines is 1. The normalized spacial score (nSPS) is 10.9. The number of rotatable bonds is 6. The number of benzene rings is 1. The van der Waals surface area contributed by atoms with Gasteiger partial charge in [-0.15, -0.1) is 0 Å². The van der Waals surface area contributed by atoms with Crippen molar-refractivity contribution in [2.24, 2.45) is 0 Å². The van der Waals surface area contributed by atoms with Crippen LogP contribution >= 0.6 is 0 Å². The number of hydrogen-bond donors (Lipinski definition) is 1. The highest BCUT2D eigenvalue weighted by Crippen LogP contribution is 2.22. The molecule has 0 spiro atoms. The Morgan fingerprint density at radius 2 is 1.73 bits per heavy atom. The average molecular weight is 408 g/mol. The zero-order valence-corrected chi connectivity index (χ0v) is 18.5. The van der Waals surface area contributed by atoms with Crippen LogP contribution in [-0.4, -0.2) is 34.9 Å². The molecule has 0 aliphatic heterocycles. The minimum atomic E-state index is -0.217. The van der Waals surface area contributed by atoms with Crippen LogP contribution in [0.1, 0.15) is 44.2 Å². The quantitative estimate of drug-likeness (QED) is 0.659. The first-order valence-corrected chi connectivity index (χ1v) is 9.99. The van der Waals surface area contributed by atoms with Gasteiger partial charge in [-0.3, -0.25) is 9.59 Å². The second-order valence-electron chi connectivity index (χ2n) is 7.93. The number of carbonyl (C=O) groups is 2. The van der Waals surface area contributed by atoms with Gasteiger partial charge in [0.15, 0.2) is 0 Å². The molecule has 2 aromatic heterocycles. The highest BCUT2D eigenvalue weighted by atomic mass is 16.3. The highest BCUT2D eigenvalue weighted by Gasteiger charge is 2.21. The van der Waals surface area contributed by atoms with Gasteiger partial charge in [0.25, 0.3) is 5.91 Å². The smallest absolute Gasteiger partial charge is 0.255 e. The van der Waals surface area contributed by atoms with E-state index in [4.69, 9.17) is 4.42 Å². The zero-order chi connectivity index (χ0) is 22.0. The number of carbonyl (C=O) groups excluding carboxylic acids is 2. The molecule has 0 aliphatic carbocycles. The highest BCUT2D eigenvalue weighted by molar-refractivity contribution is 6.00. The Kier molecular flexibility index (Phi) is 6.15. The summed E-state index contributed by atoms with van der Waals surface area (Å²) in [4.78, 5) is 27.1. The van der Waals surface area contributed by atoms with Crippen molar-refractivity contribution >= 4 is 17.5 Å². The van der Waals surface area contributed by atoms with Gasteiger partial charge in [0.05, 0.1) is 24.9 Å². The molecule has 6 heteroatoms. The van der Waals surface area contributed by atoms with Crippen LogP contribution in [0.5, 0.6) is 0 Å². The molecule has 0 aliphatic rings. The Bertz CT molecular complexity index is 1050. The van der Waals surface area contributed by atoms with Crippen molar-refractivity contribution in [2.75, 3.05) is 18.9 Å². The first kappa shape index (κ1) is 21.4. The molecule has 3 aromatic rings. The summed E-state index contributed by atoms with van der Waals surface area (Å²) in [6.45, 7) is 10.4. The molecule has 158 valence electrons. The Hall–Kier alpha value is -3.28. The van der Waals surface area contributed by atoms with Crippen LogP contribution in [0.4, 0.5) is 5.69 Å². The lowest BCUT2D eigenvalue weighted by Gasteiger charge is -2.19. The van der Waals surface area contributed by atoms with Crippen LogP contribution in [0.15, 0.2) is 41.0 Å². The lowest BCUT2D eigenvalue weighted by atomic mass is 10.1. The van der Waals surface area contributed by atoms with Gasteiger partial charge >= 0.3 is 0 Å². The number of amides is 2. The Morgan fingerprint density at radius 3 is 2.33 bits per heavy atom. The monoisotopic (exact) mass is 407 g/mol. The maximum Gasteiger partial charge on any atom is 0.255 e. The summed E-state index contributed by atoms with van der Waals surface area (Å²) < 4.78 is 7.47. The SMILES string of the molecule is Cc1cc(C)c(NC(=O)CN(C)C(=O)c2cc(C)n(Cc3ccco3)c2C)c(C)c1. The molecular weight excluding hydrogens is 378 g/mol. The van der Waals surface area contributed by atoms with Gasteiger partial charge in [0, 0.05) is 24.1 Å². The number of nitrogens with one attached hydrogen (secondary N) is 1. The second-order valence-corrected chi connectivity index (χ2v) is 7.93. The van der Waals surface area contributed by atoms with Crippen molar-refractivity contribution in [2.45, 2.75) is 41.2 Å². The van der Waals surface area contributed by atoms with E-state index in [-0.39, 0.29) is 18.4 Å². The molecule has 1 N–H and O–H groups in total. The predicted molar refractivity (Wildman–Crippen MR) is 118 cm³/mol. The molecule has 0 bridgehead atoms. The number of likely N-dealkylation sites (N-methyl/N-ethyl adjacent to an activating group) is 1. The molecule has 0 unspecified atom stereocenters. The molecule has 0 fully saturated rings. The minimum absolute atomic E-state index is 0.0204. The van der Waals surface area contributed by atoms with Gasteiger partial charge in [-0.25, -0.2) is 0 Å². The molecule has 0 radical (unpaired) electrons. The molecule has 2 heterocycles.